The lowest BCUT2D eigenvalue weighted by atomic mass is 10.1. The van der Waals surface area contributed by atoms with Gasteiger partial charge in [0.1, 0.15) is 17.3 Å². The number of likely N-dealkylation sites (tertiary alicyclic amines) is 1. The highest BCUT2D eigenvalue weighted by Gasteiger charge is 2.37. The Morgan fingerprint density at radius 1 is 1.24 bits per heavy atom. The van der Waals surface area contributed by atoms with Crippen LogP contribution in [0.4, 0.5) is 4.39 Å². The molecule has 3 heterocycles. The summed E-state index contributed by atoms with van der Waals surface area (Å²) in [4.78, 5) is 20.9. The van der Waals surface area contributed by atoms with Crippen LogP contribution in [-0.2, 0) is 0 Å². The third-order valence-electron chi connectivity index (χ3n) is 5.90. The Morgan fingerprint density at radius 2 is 2.03 bits per heavy atom. The molecule has 1 fully saturated rings. The summed E-state index contributed by atoms with van der Waals surface area (Å²) in [7, 11) is 1.34. The van der Waals surface area contributed by atoms with E-state index in [0.717, 1.165) is 11.1 Å². The zero-order valence-corrected chi connectivity index (χ0v) is 19.2. The average Bonchev–Trinajstić information content (AvgIpc) is 3.61. The monoisotopic (exact) mass is 482 g/mol. The number of nitrogens with zero attached hydrogens (tertiary/aromatic N) is 6. The molecule has 1 saturated heterocycles. The highest BCUT2D eigenvalue weighted by Crippen LogP contribution is 2.36. The number of carbonyl (C=O) groups is 1. The molecule has 4 aromatic rings. The minimum Gasteiger partial charge on any atom is -0.494 e. The number of methoxy groups -OCH3 is 1. The van der Waals surface area contributed by atoms with E-state index in [4.69, 9.17) is 20.9 Å². The highest BCUT2D eigenvalue weighted by atomic mass is 35.5. The van der Waals surface area contributed by atoms with E-state index >= 15 is 4.39 Å². The van der Waals surface area contributed by atoms with Gasteiger partial charge in [-0.3, -0.25) is 4.79 Å². The van der Waals surface area contributed by atoms with Crippen LogP contribution in [0.5, 0.6) is 5.75 Å². The van der Waals surface area contributed by atoms with E-state index in [2.05, 4.69) is 20.3 Å². The number of aromatic nitrogens is 5. The average molecular weight is 483 g/mol. The van der Waals surface area contributed by atoms with Gasteiger partial charge in [-0.15, -0.1) is 0 Å². The van der Waals surface area contributed by atoms with Crippen molar-refractivity contribution >= 4 is 17.5 Å². The van der Waals surface area contributed by atoms with Crippen molar-refractivity contribution < 1.29 is 18.4 Å². The lowest BCUT2D eigenvalue weighted by Gasteiger charge is -2.23. The maximum absolute atomic E-state index is 15.4. The minimum atomic E-state index is -0.784. The number of hydrogen-bond acceptors (Lipinski definition) is 7. The fourth-order valence-electron chi connectivity index (χ4n) is 4.15. The number of rotatable bonds is 5. The fourth-order valence-corrected chi connectivity index (χ4v) is 4.33. The molecule has 1 amide bonds. The van der Waals surface area contributed by atoms with Crippen LogP contribution in [-0.4, -0.2) is 49.6 Å². The SMILES string of the molecule is COc1ccc(-n2nccn2)c(C(=O)N2CCC[C@H]2c2nc(-c3cccc(Cl)c3C)no2)c1F. The number of hydrogen-bond donors (Lipinski definition) is 0. The Bertz CT molecular complexity index is 1360. The quantitative estimate of drug-likeness (QED) is 0.415. The van der Waals surface area contributed by atoms with E-state index in [1.54, 1.807) is 12.1 Å². The molecule has 0 spiro atoms. The van der Waals surface area contributed by atoms with Crippen LogP contribution < -0.4 is 4.74 Å². The highest BCUT2D eigenvalue weighted by molar-refractivity contribution is 6.31. The van der Waals surface area contributed by atoms with Gasteiger partial charge in [0.2, 0.25) is 11.7 Å². The Labute approximate surface area is 199 Å². The predicted octanol–water partition coefficient (Wildman–Crippen LogP) is 4.40. The van der Waals surface area contributed by atoms with Crippen molar-refractivity contribution in [1.82, 2.24) is 30.0 Å². The van der Waals surface area contributed by atoms with Gasteiger partial charge in [0.05, 0.1) is 19.5 Å². The van der Waals surface area contributed by atoms with Gasteiger partial charge in [-0.1, -0.05) is 28.9 Å². The van der Waals surface area contributed by atoms with Gasteiger partial charge < -0.3 is 14.2 Å². The summed E-state index contributed by atoms with van der Waals surface area (Å²) < 4.78 is 26.0. The summed E-state index contributed by atoms with van der Waals surface area (Å²) in [5.74, 6) is -0.712. The summed E-state index contributed by atoms with van der Waals surface area (Å²) in [6, 6.07) is 7.92. The van der Waals surface area contributed by atoms with Gasteiger partial charge in [-0.25, -0.2) is 4.39 Å². The van der Waals surface area contributed by atoms with Gasteiger partial charge in [-0.2, -0.15) is 20.0 Å². The summed E-state index contributed by atoms with van der Waals surface area (Å²) in [5, 5.41) is 12.8. The first-order chi connectivity index (χ1) is 16.5. The second kappa shape index (κ2) is 8.86. The number of amides is 1. The summed E-state index contributed by atoms with van der Waals surface area (Å²) in [6.07, 6.45) is 4.20. The lowest BCUT2D eigenvalue weighted by molar-refractivity contribution is 0.0704. The molecule has 0 aliphatic carbocycles. The van der Waals surface area contributed by atoms with E-state index in [1.807, 2.05) is 19.1 Å². The zero-order chi connectivity index (χ0) is 23.8. The second-order valence-electron chi connectivity index (χ2n) is 7.82. The standard InChI is InChI=1S/C23H20ClFN6O3/c1-13-14(5-3-6-15(13)24)21-28-22(34-29-21)17-7-4-12-30(17)23(32)19-16(31-26-10-11-27-31)8-9-18(33-2)20(19)25/h3,5-6,8-11,17H,4,7,12H2,1-2H3/t17-/m0/s1. The molecule has 1 aliphatic rings. The third kappa shape index (κ3) is 3.69. The van der Waals surface area contributed by atoms with Crippen LogP contribution >= 0.6 is 11.6 Å². The molecule has 11 heteroatoms. The van der Waals surface area contributed by atoms with Gasteiger partial charge in [-0.05, 0) is 43.5 Å². The van der Waals surface area contributed by atoms with E-state index in [1.165, 1.54) is 35.3 Å². The van der Waals surface area contributed by atoms with Gasteiger partial charge >= 0.3 is 0 Å². The van der Waals surface area contributed by atoms with Crippen molar-refractivity contribution in [3.8, 4) is 22.8 Å². The van der Waals surface area contributed by atoms with Gasteiger partial charge in [0.25, 0.3) is 5.91 Å². The predicted molar refractivity (Wildman–Crippen MR) is 120 cm³/mol. The van der Waals surface area contributed by atoms with E-state index in [-0.39, 0.29) is 22.9 Å². The molecule has 174 valence electrons. The zero-order valence-electron chi connectivity index (χ0n) is 18.4. The fraction of sp³-hybridized carbons (Fsp3) is 0.261. The van der Waals surface area contributed by atoms with Crippen LogP contribution in [0.3, 0.4) is 0 Å². The Kier molecular flexibility index (Phi) is 5.74. The number of carbonyl (C=O) groups excluding carboxylic acids is 1. The topological polar surface area (TPSA) is 99.2 Å². The first-order valence-corrected chi connectivity index (χ1v) is 11.0. The molecule has 2 aromatic heterocycles. The molecule has 1 atom stereocenters. The minimum absolute atomic E-state index is 0.0495. The summed E-state index contributed by atoms with van der Waals surface area (Å²) >= 11 is 6.23. The van der Waals surface area contributed by atoms with E-state index in [0.29, 0.717) is 30.2 Å². The van der Waals surface area contributed by atoms with E-state index < -0.39 is 17.8 Å². The molecule has 0 bridgehead atoms. The van der Waals surface area contributed by atoms with E-state index in [9.17, 15) is 4.79 Å². The molecule has 0 saturated carbocycles. The maximum Gasteiger partial charge on any atom is 0.259 e. The summed E-state index contributed by atoms with van der Waals surface area (Å²) in [6.45, 7) is 2.27. The first-order valence-electron chi connectivity index (χ1n) is 10.6. The van der Waals surface area contributed by atoms with Crippen LogP contribution in [0, 0.1) is 12.7 Å². The van der Waals surface area contributed by atoms with Crippen molar-refractivity contribution in [2.45, 2.75) is 25.8 Å². The third-order valence-corrected chi connectivity index (χ3v) is 6.31. The molecule has 9 nitrogen and oxygen atoms in total. The molecule has 1 aliphatic heterocycles. The lowest BCUT2D eigenvalue weighted by Crippen LogP contribution is -2.32. The molecule has 0 unspecified atom stereocenters. The largest absolute Gasteiger partial charge is 0.494 e. The Hall–Kier alpha value is -3.79. The Morgan fingerprint density at radius 3 is 2.79 bits per heavy atom. The van der Waals surface area contributed by atoms with Crippen molar-refractivity contribution in [2.75, 3.05) is 13.7 Å². The smallest absolute Gasteiger partial charge is 0.259 e. The first kappa shape index (κ1) is 22.0. The van der Waals surface area contributed by atoms with Crippen molar-refractivity contribution in [1.29, 1.82) is 0 Å². The maximum atomic E-state index is 15.4. The van der Waals surface area contributed by atoms with Gasteiger partial charge in [0, 0.05) is 17.1 Å². The second-order valence-corrected chi connectivity index (χ2v) is 8.23. The van der Waals surface area contributed by atoms with Crippen LogP contribution in [0.1, 0.15) is 40.7 Å². The number of ether oxygens (including phenoxy) is 1. The van der Waals surface area contributed by atoms with Crippen LogP contribution in [0.2, 0.25) is 5.02 Å². The van der Waals surface area contributed by atoms with Crippen molar-refractivity contribution in [2.24, 2.45) is 0 Å². The number of benzene rings is 2. The molecule has 5 rings (SSSR count). The number of halogens is 2. The molecule has 0 radical (unpaired) electrons. The van der Waals surface area contributed by atoms with Crippen LogP contribution in [0.15, 0.2) is 47.2 Å². The molecular weight excluding hydrogens is 463 g/mol. The van der Waals surface area contributed by atoms with Crippen molar-refractivity contribution in [3.63, 3.8) is 0 Å². The molecule has 2 aromatic carbocycles. The van der Waals surface area contributed by atoms with Gasteiger partial charge in [0.15, 0.2) is 11.6 Å². The normalized spacial score (nSPS) is 15.6. The van der Waals surface area contributed by atoms with Crippen LogP contribution in [0.25, 0.3) is 17.1 Å². The molecule has 34 heavy (non-hydrogen) atoms. The summed E-state index contributed by atoms with van der Waals surface area (Å²) in [5.41, 5.74) is 1.59. The molecule has 0 N–H and O–H groups in total. The Balaban J connectivity index is 1.52. The van der Waals surface area contributed by atoms with Crippen molar-refractivity contribution in [3.05, 3.63) is 70.6 Å². The molecular formula is C23H20ClFN6O3.